The predicted octanol–water partition coefficient (Wildman–Crippen LogP) is 2.69. The highest BCUT2D eigenvalue weighted by molar-refractivity contribution is 5.91. The van der Waals surface area contributed by atoms with Crippen LogP contribution in [-0.4, -0.2) is 66.0 Å². The van der Waals surface area contributed by atoms with E-state index in [1.165, 1.54) is 6.08 Å². The molecule has 2 N–H and O–H groups in total. The minimum absolute atomic E-state index is 0.0288. The Morgan fingerprint density at radius 2 is 2.06 bits per heavy atom. The Bertz CT molecular complexity index is 1180. The third kappa shape index (κ3) is 5.21. The van der Waals surface area contributed by atoms with Gasteiger partial charge in [-0.05, 0) is 43.0 Å². The fourth-order valence-electron chi connectivity index (χ4n) is 5.13. The van der Waals surface area contributed by atoms with Crippen LogP contribution in [0.1, 0.15) is 38.7 Å². The van der Waals surface area contributed by atoms with Gasteiger partial charge in [0.25, 0.3) is 0 Å². The molecule has 184 valence electrons. The first kappa shape index (κ1) is 24.5. The van der Waals surface area contributed by atoms with Crippen LogP contribution >= 0.6 is 0 Å². The van der Waals surface area contributed by atoms with Crippen LogP contribution in [0.3, 0.4) is 0 Å². The quantitative estimate of drug-likeness (QED) is 0.564. The largest absolute Gasteiger partial charge is 0.366 e. The maximum atomic E-state index is 12.2. The molecular weight excluding hydrogens is 442 g/mol. The second-order valence-corrected chi connectivity index (χ2v) is 10.1. The van der Waals surface area contributed by atoms with Crippen LogP contribution in [0.25, 0.3) is 10.9 Å². The number of nitrogens with zero attached hydrogens (tertiary/aromatic N) is 5. The lowest BCUT2D eigenvalue weighted by Crippen LogP contribution is -2.59. The molecule has 0 radical (unpaired) electrons. The standard InChI is InChI=1S/C26H33N7O2/c1-5-23(35)33-15-26(16-33)8-9-32(14-26)25-30-21-11-18(13-27)6-7-20(21)24(31-25)29-19(10-17(2)3)12-22(34)28-4/h5-7,11,17,19H,1,8-10,12,14-16H2,2-4H3,(H,28,34)(H,29,30,31)/t19-/m0/s1. The third-order valence-corrected chi connectivity index (χ3v) is 6.88. The number of fused-ring (bicyclic) bond motifs is 1. The maximum Gasteiger partial charge on any atom is 0.245 e. The SMILES string of the molecule is C=CC(=O)N1CC2(CCN(c3nc(N[C@H](CC(=O)NC)CC(C)C)c4ccc(C#N)cc4n3)C2)C1. The molecule has 2 saturated heterocycles. The Morgan fingerprint density at radius 3 is 2.71 bits per heavy atom. The smallest absolute Gasteiger partial charge is 0.245 e. The molecule has 0 unspecified atom stereocenters. The van der Waals surface area contributed by atoms with E-state index in [1.807, 2.05) is 11.0 Å². The molecule has 0 aliphatic carbocycles. The molecule has 1 aromatic heterocycles. The van der Waals surface area contributed by atoms with Gasteiger partial charge in [-0.2, -0.15) is 10.2 Å². The van der Waals surface area contributed by atoms with Crippen LogP contribution < -0.4 is 15.5 Å². The van der Waals surface area contributed by atoms with Gasteiger partial charge in [-0.15, -0.1) is 0 Å². The van der Waals surface area contributed by atoms with Gasteiger partial charge in [-0.1, -0.05) is 20.4 Å². The van der Waals surface area contributed by atoms with Gasteiger partial charge in [0.05, 0.1) is 17.1 Å². The van der Waals surface area contributed by atoms with Gasteiger partial charge < -0.3 is 20.4 Å². The van der Waals surface area contributed by atoms with Crippen molar-refractivity contribution in [1.29, 1.82) is 5.26 Å². The van der Waals surface area contributed by atoms with E-state index in [0.29, 0.717) is 48.3 Å². The molecule has 3 heterocycles. The first-order chi connectivity index (χ1) is 16.8. The van der Waals surface area contributed by atoms with Crippen LogP contribution in [0.2, 0.25) is 0 Å². The topological polar surface area (TPSA) is 114 Å². The fraction of sp³-hybridized carbons (Fsp3) is 0.500. The average Bonchev–Trinajstić information content (AvgIpc) is 3.27. The van der Waals surface area contributed by atoms with Crippen LogP contribution in [-0.2, 0) is 9.59 Å². The Kier molecular flexibility index (Phi) is 6.92. The molecule has 2 amide bonds. The molecule has 1 spiro atoms. The lowest BCUT2D eigenvalue weighted by molar-refractivity contribution is -0.136. The summed E-state index contributed by atoms with van der Waals surface area (Å²) in [6.07, 6.45) is 3.47. The Hall–Kier alpha value is -3.67. The van der Waals surface area contributed by atoms with E-state index in [0.717, 1.165) is 31.3 Å². The van der Waals surface area contributed by atoms with Crippen molar-refractivity contribution >= 4 is 34.5 Å². The number of carbonyl (C=O) groups is 2. The Labute approximate surface area is 206 Å². The second-order valence-electron chi connectivity index (χ2n) is 10.1. The van der Waals surface area contributed by atoms with E-state index in [4.69, 9.17) is 9.97 Å². The lowest BCUT2D eigenvalue weighted by Gasteiger charge is -2.47. The number of nitriles is 1. The molecule has 9 heteroatoms. The van der Waals surface area contributed by atoms with Gasteiger partial charge in [-0.25, -0.2) is 4.98 Å². The van der Waals surface area contributed by atoms with Crippen molar-refractivity contribution in [2.45, 2.75) is 39.2 Å². The van der Waals surface area contributed by atoms with Crippen molar-refractivity contribution < 1.29 is 9.59 Å². The van der Waals surface area contributed by atoms with Crippen LogP contribution in [0.4, 0.5) is 11.8 Å². The summed E-state index contributed by atoms with van der Waals surface area (Å²) in [7, 11) is 1.64. The summed E-state index contributed by atoms with van der Waals surface area (Å²) in [5.41, 5.74) is 1.28. The number of rotatable bonds is 8. The zero-order chi connectivity index (χ0) is 25.2. The first-order valence-corrected chi connectivity index (χ1v) is 12.1. The predicted molar refractivity (Wildman–Crippen MR) is 136 cm³/mol. The number of anilines is 2. The van der Waals surface area contributed by atoms with Crippen molar-refractivity contribution in [3.05, 3.63) is 36.4 Å². The molecule has 2 fully saturated rings. The highest BCUT2D eigenvalue weighted by atomic mass is 16.2. The Balaban J connectivity index is 1.64. The molecule has 1 aromatic carbocycles. The third-order valence-electron chi connectivity index (χ3n) is 6.88. The molecule has 0 bridgehead atoms. The molecule has 9 nitrogen and oxygen atoms in total. The van der Waals surface area contributed by atoms with Gasteiger partial charge in [0.1, 0.15) is 5.82 Å². The molecule has 2 aliphatic rings. The van der Waals surface area contributed by atoms with Gasteiger partial charge in [-0.3, -0.25) is 9.59 Å². The molecule has 0 saturated carbocycles. The zero-order valence-electron chi connectivity index (χ0n) is 20.7. The summed E-state index contributed by atoms with van der Waals surface area (Å²) < 4.78 is 0. The van der Waals surface area contributed by atoms with E-state index in [2.05, 4.69) is 42.0 Å². The highest BCUT2D eigenvalue weighted by Gasteiger charge is 2.49. The summed E-state index contributed by atoms with van der Waals surface area (Å²) in [6.45, 7) is 10.8. The fourth-order valence-corrected chi connectivity index (χ4v) is 5.13. The van der Waals surface area contributed by atoms with Crippen molar-refractivity contribution in [1.82, 2.24) is 20.2 Å². The molecule has 35 heavy (non-hydrogen) atoms. The van der Waals surface area contributed by atoms with E-state index in [9.17, 15) is 14.9 Å². The second kappa shape index (κ2) is 9.90. The lowest BCUT2D eigenvalue weighted by atomic mass is 9.79. The van der Waals surface area contributed by atoms with Gasteiger partial charge in [0.15, 0.2) is 0 Å². The van der Waals surface area contributed by atoms with Crippen molar-refractivity contribution in [3.63, 3.8) is 0 Å². The number of carbonyl (C=O) groups excluding carboxylic acids is 2. The number of hydrogen-bond acceptors (Lipinski definition) is 7. The summed E-state index contributed by atoms with van der Waals surface area (Å²) in [5.74, 6) is 1.61. The van der Waals surface area contributed by atoms with Gasteiger partial charge in [0.2, 0.25) is 17.8 Å². The van der Waals surface area contributed by atoms with Crippen molar-refractivity contribution in [2.24, 2.45) is 11.3 Å². The van der Waals surface area contributed by atoms with Crippen LogP contribution in [0.15, 0.2) is 30.9 Å². The molecule has 2 aliphatic heterocycles. The minimum atomic E-state index is -0.0911. The van der Waals surface area contributed by atoms with Gasteiger partial charge in [0, 0.05) is 56.5 Å². The normalized spacial score (nSPS) is 17.2. The molecule has 1 atom stereocenters. The molecule has 2 aromatic rings. The minimum Gasteiger partial charge on any atom is -0.366 e. The van der Waals surface area contributed by atoms with E-state index in [1.54, 1.807) is 19.2 Å². The van der Waals surface area contributed by atoms with Crippen molar-refractivity contribution in [3.8, 4) is 6.07 Å². The average molecular weight is 476 g/mol. The Morgan fingerprint density at radius 1 is 1.29 bits per heavy atom. The van der Waals surface area contributed by atoms with E-state index < -0.39 is 0 Å². The van der Waals surface area contributed by atoms with Crippen molar-refractivity contribution in [2.75, 3.05) is 43.4 Å². The molecule has 4 rings (SSSR count). The number of likely N-dealkylation sites (tertiary alicyclic amines) is 1. The summed E-state index contributed by atoms with van der Waals surface area (Å²) in [6, 6.07) is 7.50. The molecular formula is C26H33N7O2. The number of nitrogens with one attached hydrogen (secondary N) is 2. The van der Waals surface area contributed by atoms with E-state index >= 15 is 0 Å². The summed E-state index contributed by atoms with van der Waals surface area (Å²) in [4.78, 5) is 37.8. The number of benzene rings is 1. The highest BCUT2D eigenvalue weighted by Crippen LogP contribution is 2.41. The summed E-state index contributed by atoms with van der Waals surface area (Å²) in [5, 5.41) is 16.5. The number of hydrogen-bond donors (Lipinski definition) is 2. The number of aromatic nitrogens is 2. The maximum absolute atomic E-state index is 12.2. The number of amides is 2. The monoisotopic (exact) mass is 475 g/mol. The van der Waals surface area contributed by atoms with E-state index in [-0.39, 0.29) is 23.3 Å². The van der Waals surface area contributed by atoms with Crippen LogP contribution in [0.5, 0.6) is 0 Å². The van der Waals surface area contributed by atoms with Gasteiger partial charge >= 0.3 is 0 Å². The van der Waals surface area contributed by atoms with Crippen LogP contribution in [0, 0.1) is 22.7 Å². The zero-order valence-corrected chi connectivity index (χ0v) is 20.7. The first-order valence-electron chi connectivity index (χ1n) is 12.1. The summed E-state index contributed by atoms with van der Waals surface area (Å²) >= 11 is 0.